The number of anilines is 1. The smallest absolute Gasteiger partial charge is 0.335 e. The van der Waals surface area contributed by atoms with Crippen LogP contribution in [0.15, 0.2) is 66.2 Å². The number of halogens is 2. The second-order valence-corrected chi connectivity index (χ2v) is 8.76. The number of barbiturate groups is 1. The average Bonchev–Trinajstić information content (AvgIpc) is 2.86. The first kappa shape index (κ1) is 26.6. The van der Waals surface area contributed by atoms with Crippen molar-refractivity contribution in [3.8, 4) is 11.5 Å². The summed E-state index contributed by atoms with van der Waals surface area (Å²) in [7, 11) is 0. The van der Waals surface area contributed by atoms with Gasteiger partial charge in [-0.2, -0.15) is 0 Å². The van der Waals surface area contributed by atoms with Crippen molar-refractivity contribution in [1.82, 2.24) is 5.32 Å². The molecule has 1 aliphatic heterocycles. The predicted octanol–water partition coefficient (Wildman–Crippen LogP) is 5.55. The highest BCUT2D eigenvalue weighted by molar-refractivity contribution is 6.39. The molecule has 1 aliphatic rings. The summed E-state index contributed by atoms with van der Waals surface area (Å²) < 4.78 is 11.6. The molecular weight excluding hydrogens is 537 g/mol. The van der Waals surface area contributed by atoms with Crippen molar-refractivity contribution in [1.29, 1.82) is 0 Å². The van der Waals surface area contributed by atoms with E-state index in [0.717, 1.165) is 17.7 Å². The zero-order valence-electron chi connectivity index (χ0n) is 19.8. The van der Waals surface area contributed by atoms with Crippen LogP contribution >= 0.6 is 23.2 Å². The standard InChI is InChI=1S/C26H19Cl2N3O7/c1-2-37-22-13-16(12-21(28)23(22)38-14-15-4-3-5-17(27)10-15)11-20-24(32)29-26(34)30(25(20)33)18-6-8-19(9-7-18)31(35)36/h3-13H,2,14H2,1H3,(H,29,32,34)/b20-11+. The van der Waals surface area contributed by atoms with E-state index in [4.69, 9.17) is 32.7 Å². The molecule has 0 aliphatic carbocycles. The number of nitro groups is 1. The van der Waals surface area contributed by atoms with Gasteiger partial charge in [0.1, 0.15) is 12.2 Å². The van der Waals surface area contributed by atoms with E-state index in [0.29, 0.717) is 15.5 Å². The normalized spacial score (nSPS) is 14.4. The molecule has 3 aromatic rings. The van der Waals surface area contributed by atoms with Crippen molar-refractivity contribution in [2.24, 2.45) is 0 Å². The first-order valence-electron chi connectivity index (χ1n) is 11.2. The third-order valence-electron chi connectivity index (χ3n) is 5.34. The average molecular weight is 556 g/mol. The van der Waals surface area contributed by atoms with Crippen LogP contribution in [-0.2, 0) is 16.2 Å². The van der Waals surface area contributed by atoms with Gasteiger partial charge in [-0.1, -0.05) is 35.3 Å². The maximum Gasteiger partial charge on any atom is 0.335 e. The number of ether oxygens (including phenoxy) is 2. The summed E-state index contributed by atoms with van der Waals surface area (Å²) in [6.45, 7) is 2.21. The van der Waals surface area contributed by atoms with Gasteiger partial charge in [0.25, 0.3) is 17.5 Å². The molecule has 0 bridgehead atoms. The van der Waals surface area contributed by atoms with Crippen LogP contribution < -0.4 is 19.7 Å². The lowest BCUT2D eigenvalue weighted by Gasteiger charge is -2.26. The van der Waals surface area contributed by atoms with E-state index in [1.807, 2.05) is 6.07 Å². The van der Waals surface area contributed by atoms with Gasteiger partial charge in [0.05, 0.1) is 22.2 Å². The van der Waals surface area contributed by atoms with Gasteiger partial charge in [-0.05, 0) is 60.5 Å². The zero-order chi connectivity index (χ0) is 27.4. The lowest BCUT2D eigenvalue weighted by Crippen LogP contribution is -2.54. The van der Waals surface area contributed by atoms with Crippen molar-refractivity contribution >= 4 is 58.5 Å². The van der Waals surface area contributed by atoms with Gasteiger partial charge in [0.2, 0.25) is 0 Å². The maximum atomic E-state index is 13.2. The Bertz CT molecular complexity index is 1470. The van der Waals surface area contributed by atoms with Crippen molar-refractivity contribution in [2.45, 2.75) is 13.5 Å². The van der Waals surface area contributed by atoms with Crippen LogP contribution in [0.4, 0.5) is 16.2 Å². The molecule has 1 saturated heterocycles. The molecule has 0 aromatic heterocycles. The van der Waals surface area contributed by atoms with Gasteiger partial charge >= 0.3 is 6.03 Å². The van der Waals surface area contributed by atoms with E-state index >= 15 is 0 Å². The maximum absolute atomic E-state index is 13.2. The molecule has 0 spiro atoms. The van der Waals surface area contributed by atoms with E-state index in [-0.39, 0.29) is 46.7 Å². The molecule has 0 saturated carbocycles. The molecule has 0 radical (unpaired) electrons. The highest BCUT2D eigenvalue weighted by Crippen LogP contribution is 2.38. The zero-order valence-corrected chi connectivity index (χ0v) is 21.3. The van der Waals surface area contributed by atoms with Gasteiger partial charge in [-0.3, -0.25) is 25.0 Å². The quantitative estimate of drug-likeness (QED) is 0.167. The molecule has 38 heavy (non-hydrogen) atoms. The lowest BCUT2D eigenvalue weighted by molar-refractivity contribution is -0.384. The van der Waals surface area contributed by atoms with Crippen LogP contribution in [0.3, 0.4) is 0 Å². The molecule has 194 valence electrons. The van der Waals surface area contributed by atoms with Gasteiger partial charge in [-0.15, -0.1) is 0 Å². The molecule has 4 amide bonds. The Balaban J connectivity index is 1.65. The molecule has 0 unspecified atom stereocenters. The second kappa shape index (κ2) is 11.3. The number of nitrogens with zero attached hydrogens (tertiary/aromatic N) is 2. The minimum atomic E-state index is -0.983. The van der Waals surface area contributed by atoms with E-state index < -0.39 is 22.8 Å². The number of nitro benzene ring substituents is 1. The Labute approximate surface area is 226 Å². The Kier molecular flexibility index (Phi) is 7.94. The number of hydrogen-bond donors (Lipinski definition) is 1. The fourth-order valence-corrected chi connectivity index (χ4v) is 4.13. The molecular formula is C26H19Cl2N3O7. The number of non-ortho nitro benzene ring substituents is 1. The summed E-state index contributed by atoms with van der Waals surface area (Å²) in [5, 5.41) is 13.7. The Hall–Kier alpha value is -4.41. The molecule has 4 rings (SSSR count). The van der Waals surface area contributed by atoms with Crippen molar-refractivity contribution in [2.75, 3.05) is 11.5 Å². The van der Waals surface area contributed by atoms with Crippen LogP contribution in [0.5, 0.6) is 11.5 Å². The third kappa shape index (κ3) is 5.77. The monoisotopic (exact) mass is 555 g/mol. The summed E-state index contributed by atoms with van der Waals surface area (Å²) in [6, 6.07) is 13.9. The van der Waals surface area contributed by atoms with Crippen molar-refractivity contribution in [3.05, 3.63) is 97.5 Å². The predicted molar refractivity (Wildman–Crippen MR) is 141 cm³/mol. The molecule has 1 N–H and O–H groups in total. The summed E-state index contributed by atoms with van der Waals surface area (Å²) in [5.41, 5.74) is 0.623. The van der Waals surface area contributed by atoms with Crippen molar-refractivity contribution in [3.63, 3.8) is 0 Å². The topological polar surface area (TPSA) is 128 Å². The molecule has 3 aromatic carbocycles. The van der Waals surface area contributed by atoms with Crippen LogP contribution in [0.25, 0.3) is 6.08 Å². The number of nitrogens with one attached hydrogen (secondary N) is 1. The van der Waals surface area contributed by atoms with Gasteiger partial charge in [0.15, 0.2) is 11.5 Å². The molecule has 1 fully saturated rings. The summed E-state index contributed by atoms with van der Waals surface area (Å²) >= 11 is 12.5. The lowest BCUT2D eigenvalue weighted by atomic mass is 10.1. The van der Waals surface area contributed by atoms with Crippen LogP contribution in [-0.4, -0.2) is 29.4 Å². The first-order valence-corrected chi connectivity index (χ1v) is 11.9. The summed E-state index contributed by atoms with van der Waals surface area (Å²) in [5.74, 6) is -1.28. The first-order chi connectivity index (χ1) is 18.2. The number of urea groups is 1. The van der Waals surface area contributed by atoms with Crippen LogP contribution in [0.1, 0.15) is 18.1 Å². The third-order valence-corrected chi connectivity index (χ3v) is 5.85. The summed E-state index contributed by atoms with van der Waals surface area (Å²) in [4.78, 5) is 49.2. The molecule has 1 heterocycles. The highest BCUT2D eigenvalue weighted by atomic mass is 35.5. The Morgan fingerprint density at radius 2 is 1.76 bits per heavy atom. The molecule has 12 heteroatoms. The van der Waals surface area contributed by atoms with Gasteiger partial charge in [0, 0.05) is 17.2 Å². The van der Waals surface area contributed by atoms with E-state index in [2.05, 4.69) is 5.32 Å². The van der Waals surface area contributed by atoms with E-state index in [1.165, 1.54) is 24.3 Å². The van der Waals surface area contributed by atoms with Gasteiger partial charge < -0.3 is 9.47 Å². The number of hydrogen-bond acceptors (Lipinski definition) is 7. The minimum absolute atomic E-state index is 0.0503. The number of benzene rings is 3. The summed E-state index contributed by atoms with van der Waals surface area (Å²) in [6.07, 6.45) is 1.26. The molecule has 0 atom stereocenters. The fraction of sp³-hybridized carbons (Fsp3) is 0.115. The Morgan fingerprint density at radius 1 is 1.03 bits per heavy atom. The van der Waals surface area contributed by atoms with E-state index in [9.17, 15) is 24.5 Å². The van der Waals surface area contributed by atoms with Gasteiger partial charge in [-0.25, -0.2) is 9.69 Å². The van der Waals surface area contributed by atoms with Crippen LogP contribution in [0.2, 0.25) is 10.0 Å². The number of amides is 4. The number of carbonyl (C=O) groups is 3. The number of carbonyl (C=O) groups excluding carboxylic acids is 3. The van der Waals surface area contributed by atoms with Crippen LogP contribution in [0, 0.1) is 10.1 Å². The Morgan fingerprint density at radius 3 is 2.42 bits per heavy atom. The SMILES string of the molecule is CCOc1cc(/C=C2\C(=O)NC(=O)N(c3ccc([N+](=O)[O-])cc3)C2=O)cc(Cl)c1OCc1cccc(Cl)c1. The fourth-order valence-electron chi connectivity index (χ4n) is 3.64. The number of rotatable bonds is 8. The highest BCUT2D eigenvalue weighted by Gasteiger charge is 2.37. The minimum Gasteiger partial charge on any atom is -0.490 e. The van der Waals surface area contributed by atoms with Crippen molar-refractivity contribution < 1.29 is 28.8 Å². The molecule has 10 nitrogen and oxygen atoms in total. The van der Waals surface area contributed by atoms with E-state index in [1.54, 1.807) is 31.2 Å². The largest absolute Gasteiger partial charge is 0.490 e. The number of imide groups is 2. The second-order valence-electron chi connectivity index (χ2n) is 7.91.